The molecule has 0 saturated carbocycles. The Balaban J connectivity index is 2.02. The lowest BCUT2D eigenvalue weighted by Gasteiger charge is -1.99. The van der Waals surface area contributed by atoms with E-state index in [1.807, 2.05) is 0 Å². The van der Waals surface area contributed by atoms with Gasteiger partial charge in [-0.3, -0.25) is 0 Å². The largest absolute Gasteiger partial charge is 0.338 e. The van der Waals surface area contributed by atoms with Gasteiger partial charge in [-0.15, -0.1) is 11.8 Å². The van der Waals surface area contributed by atoms with Crippen molar-refractivity contribution in [2.24, 2.45) is 0 Å². The second-order valence-electron chi connectivity index (χ2n) is 3.10. The van der Waals surface area contributed by atoms with Crippen molar-refractivity contribution in [1.82, 2.24) is 10.1 Å². The third-order valence-corrected chi connectivity index (χ3v) is 3.09. The number of hydrogen-bond donors (Lipinski definition) is 0. The van der Waals surface area contributed by atoms with E-state index >= 15 is 0 Å². The minimum Gasteiger partial charge on any atom is -0.338 e. The summed E-state index contributed by atoms with van der Waals surface area (Å²) in [6.45, 7) is 1.76. The number of halogens is 2. The number of nitrogens with zero attached hydrogens (tertiary/aromatic N) is 2. The monoisotopic (exact) mass is 258 g/mol. The lowest BCUT2D eigenvalue weighted by atomic mass is 10.3. The summed E-state index contributed by atoms with van der Waals surface area (Å²) in [7, 11) is 0. The van der Waals surface area contributed by atoms with Gasteiger partial charge in [-0.25, -0.2) is 4.39 Å². The standard InChI is InChI=1S/C10H8ClFN2OS/c1-6-13-10(15-14-6)5-16-7-2-3-9(12)8(11)4-7/h2-4H,5H2,1H3. The van der Waals surface area contributed by atoms with E-state index < -0.39 is 5.82 Å². The van der Waals surface area contributed by atoms with E-state index in [4.69, 9.17) is 16.1 Å². The molecule has 0 saturated heterocycles. The SMILES string of the molecule is Cc1noc(CSc2ccc(F)c(Cl)c2)n1. The van der Waals surface area contributed by atoms with Crippen LogP contribution in [0.15, 0.2) is 27.6 Å². The Morgan fingerprint density at radius 3 is 2.94 bits per heavy atom. The van der Waals surface area contributed by atoms with Gasteiger partial charge in [0.25, 0.3) is 0 Å². The third kappa shape index (κ3) is 2.74. The lowest BCUT2D eigenvalue weighted by Crippen LogP contribution is -1.82. The highest BCUT2D eigenvalue weighted by Crippen LogP contribution is 2.26. The molecule has 0 fully saturated rings. The Hall–Kier alpha value is -1.07. The highest BCUT2D eigenvalue weighted by molar-refractivity contribution is 7.98. The molecule has 6 heteroatoms. The molecule has 1 aromatic carbocycles. The van der Waals surface area contributed by atoms with E-state index in [9.17, 15) is 4.39 Å². The fourth-order valence-corrected chi connectivity index (χ4v) is 2.13. The van der Waals surface area contributed by atoms with E-state index in [1.54, 1.807) is 19.1 Å². The normalized spacial score (nSPS) is 10.7. The molecule has 0 radical (unpaired) electrons. The molecule has 0 amide bonds. The van der Waals surface area contributed by atoms with Crippen molar-refractivity contribution in [1.29, 1.82) is 0 Å². The second-order valence-corrected chi connectivity index (χ2v) is 4.56. The Morgan fingerprint density at radius 2 is 2.31 bits per heavy atom. The molecular formula is C10H8ClFN2OS. The molecule has 0 unspecified atom stereocenters. The molecule has 0 spiro atoms. The van der Waals surface area contributed by atoms with E-state index in [-0.39, 0.29) is 5.02 Å². The number of benzene rings is 1. The molecule has 0 aliphatic carbocycles. The van der Waals surface area contributed by atoms with E-state index in [0.717, 1.165) is 4.90 Å². The molecule has 0 N–H and O–H groups in total. The third-order valence-electron chi connectivity index (χ3n) is 1.82. The smallest absolute Gasteiger partial charge is 0.236 e. The molecule has 1 heterocycles. The average Bonchev–Trinajstić information content (AvgIpc) is 2.66. The van der Waals surface area contributed by atoms with Crippen LogP contribution in [0.25, 0.3) is 0 Å². The van der Waals surface area contributed by atoms with Crippen LogP contribution in [0.2, 0.25) is 5.02 Å². The van der Waals surface area contributed by atoms with E-state index in [1.165, 1.54) is 17.8 Å². The maximum Gasteiger partial charge on any atom is 0.236 e. The van der Waals surface area contributed by atoms with Crippen molar-refractivity contribution < 1.29 is 8.91 Å². The summed E-state index contributed by atoms with van der Waals surface area (Å²) in [6.07, 6.45) is 0. The van der Waals surface area contributed by atoms with Crippen LogP contribution in [0.4, 0.5) is 4.39 Å². The van der Waals surface area contributed by atoms with Gasteiger partial charge in [-0.2, -0.15) is 4.98 Å². The molecule has 84 valence electrons. The quantitative estimate of drug-likeness (QED) is 0.791. The van der Waals surface area contributed by atoms with Crippen LogP contribution < -0.4 is 0 Å². The Bertz CT molecular complexity index is 503. The predicted octanol–water partition coefficient (Wildman–Crippen LogP) is 3.46. The fourth-order valence-electron chi connectivity index (χ4n) is 1.11. The topological polar surface area (TPSA) is 38.9 Å². The first-order valence-corrected chi connectivity index (χ1v) is 5.88. The Morgan fingerprint density at radius 1 is 1.50 bits per heavy atom. The summed E-state index contributed by atoms with van der Waals surface area (Å²) in [5.41, 5.74) is 0. The van der Waals surface area contributed by atoms with Crippen LogP contribution >= 0.6 is 23.4 Å². The summed E-state index contributed by atoms with van der Waals surface area (Å²) in [4.78, 5) is 4.92. The van der Waals surface area contributed by atoms with Gasteiger partial charge in [0.05, 0.1) is 10.8 Å². The van der Waals surface area contributed by atoms with Crippen LogP contribution in [-0.2, 0) is 5.75 Å². The maximum atomic E-state index is 12.9. The van der Waals surface area contributed by atoms with Crippen LogP contribution in [0.1, 0.15) is 11.7 Å². The van der Waals surface area contributed by atoms with Crippen molar-refractivity contribution in [3.05, 3.63) is 40.8 Å². The van der Waals surface area contributed by atoms with Gasteiger partial charge < -0.3 is 4.52 Å². The van der Waals surface area contributed by atoms with Crippen LogP contribution in [0.5, 0.6) is 0 Å². The van der Waals surface area contributed by atoms with Gasteiger partial charge in [0.15, 0.2) is 5.82 Å². The van der Waals surface area contributed by atoms with Gasteiger partial charge >= 0.3 is 0 Å². The van der Waals surface area contributed by atoms with Crippen molar-refractivity contribution in [2.75, 3.05) is 0 Å². The molecule has 16 heavy (non-hydrogen) atoms. The van der Waals surface area contributed by atoms with E-state index in [2.05, 4.69) is 10.1 Å². The molecule has 2 aromatic rings. The number of aryl methyl sites for hydroxylation is 1. The predicted molar refractivity (Wildman–Crippen MR) is 60.0 cm³/mol. The fraction of sp³-hybridized carbons (Fsp3) is 0.200. The Kier molecular flexibility index (Phi) is 3.46. The Labute approximate surface area is 101 Å². The summed E-state index contributed by atoms with van der Waals surface area (Å²) in [5.74, 6) is 1.28. The molecule has 0 aliphatic heterocycles. The number of aromatic nitrogens is 2. The molecule has 0 atom stereocenters. The summed E-state index contributed by atoms with van der Waals surface area (Å²) in [6, 6.07) is 4.57. The maximum absolute atomic E-state index is 12.9. The van der Waals surface area contributed by atoms with E-state index in [0.29, 0.717) is 17.5 Å². The zero-order valence-corrected chi connectivity index (χ0v) is 9.98. The summed E-state index contributed by atoms with van der Waals surface area (Å²) < 4.78 is 17.8. The molecule has 0 aliphatic rings. The summed E-state index contributed by atoms with van der Waals surface area (Å²) >= 11 is 7.12. The first-order chi connectivity index (χ1) is 7.65. The minimum atomic E-state index is -0.417. The van der Waals surface area contributed by atoms with Crippen molar-refractivity contribution in [3.8, 4) is 0 Å². The highest BCUT2D eigenvalue weighted by Gasteiger charge is 2.05. The zero-order chi connectivity index (χ0) is 11.5. The van der Waals surface area contributed by atoms with Gasteiger partial charge in [-0.1, -0.05) is 16.8 Å². The van der Waals surface area contributed by atoms with Gasteiger partial charge in [0, 0.05) is 4.90 Å². The van der Waals surface area contributed by atoms with Gasteiger partial charge in [-0.05, 0) is 25.1 Å². The van der Waals surface area contributed by atoms with Gasteiger partial charge in [0.1, 0.15) is 5.82 Å². The lowest BCUT2D eigenvalue weighted by molar-refractivity contribution is 0.387. The van der Waals surface area contributed by atoms with Crippen molar-refractivity contribution in [3.63, 3.8) is 0 Å². The van der Waals surface area contributed by atoms with Crippen molar-refractivity contribution >= 4 is 23.4 Å². The zero-order valence-electron chi connectivity index (χ0n) is 8.41. The van der Waals surface area contributed by atoms with Crippen LogP contribution in [-0.4, -0.2) is 10.1 Å². The number of thioether (sulfide) groups is 1. The number of hydrogen-bond acceptors (Lipinski definition) is 4. The highest BCUT2D eigenvalue weighted by atomic mass is 35.5. The second kappa shape index (κ2) is 4.84. The van der Waals surface area contributed by atoms with Crippen LogP contribution in [0, 0.1) is 12.7 Å². The number of rotatable bonds is 3. The molecule has 1 aromatic heterocycles. The first-order valence-electron chi connectivity index (χ1n) is 4.52. The summed E-state index contributed by atoms with van der Waals surface area (Å²) in [5, 5.41) is 3.79. The van der Waals surface area contributed by atoms with Crippen molar-refractivity contribution in [2.45, 2.75) is 17.6 Å². The first kappa shape index (κ1) is 11.4. The minimum absolute atomic E-state index is 0.117. The molecule has 2 rings (SSSR count). The molecule has 0 bridgehead atoms. The average molecular weight is 259 g/mol. The molecule has 3 nitrogen and oxygen atoms in total. The molecular weight excluding hydrogens is 251 g/mol. The van der Waals surface area contributed by atoms with Gasteiger partial charge in [0.2, 0.25) is 5.89 Å². The van der Waals surface area contributed by atoms with Crippen LogP contribution in [0.3, 0.4) is 0 Å².